The van der Waals surface area contributed by atoms with Crippen molar-refractivity contribution in [2.75, 3.05) is 0 Å². The van der Waals surface area contributed by atoms with Crippen LogP contribution in [0.3, 0.4) is 0 Å². The van der Waals surface area contributed by atoms with E-state index in [0.717, 1.165) is 30.0 Å². The minimum Gasteiger partial charge on any atom is -0.478 e. The Morgan fingerprint density at radius 2 is 1.93 bits per heavy atom. The molecule has 140 valence electrons. The van der Waals surface area contributed by atoms with E-state index in [1.165, 1.54) is 24.8 Å². The van der Waals surface area contributed by atoms with Crippen LogP contribution in [0.5, 0.6) is 0 Å². The monoisotopic (exact) mass is 361 g/mol. The van der Waals surface area contributed by atoms with Gasteiger partial charge in [-0.15, -0.1) is 0 Å². The lowest BCUT2D eigenvalue weighted by molar-refractivity contribution is -0.131. The van der Waals surface area contributed by atoms with Crippen molar-refractivity contribution in [3.05, 3.63) is 65.7 Å². The zero-order valence-corrected chi connectivity index (χ0v) is 16.1. The highest BCUT2D eigenvalue weighted by Crippen LogP contribution is 2.31. The molecule has 2 aromatic carbocycles. The Bertz CT molecular complexity index is 831. The standard InChI is InChI=1S/C24H27NO2/c1-3-5-9-18(4-2)14-19-12-13-22(21(17-25)16-24(26)27)23(15-19)20-10-7-6-8-11-20/h6-8,10-13,15-16,18H,3-5,9,14H2,1-2H3,(H,26,27). The lowest BCUT2D eigenvalue weighted by atomic mass is 9.88. The topological polar surface area (TPSA) is 61.1 Å². The van der Waals surface area contributed by atoms with Gasteiger partial charge in [-0.3, -0.25) is 0 Å². The average molecular weight is 361 g/mol. The molecule has 1 unspecified atom stereocenters. The van der Waals surface area contributed by atoms with Gasteiger partial charge < -0.3 is 5.11 Å². The van der Waals surface area contributed by atoms with E-state index in [0.29, 0.717) is 11.5 Å². The number of carboxylic acids is 1. The molecule has 27 heavy (non-hydrogen) atoms. The third-order valence-corrected chi connectivity index (χ3v) is 4.91. The van der Waals surface area contributed by atoms with Gasteiger partial charge in [-0.25, -0.2) is 4.79 Å². The Balaban J connectivity index is 2.47. The van der Waals surface area contributed by atoms with E-state index in [1.54, 1.807) is 0 Å². The maximum absolute atomic E-state index is 11.1. The van der Waals surface area contributed by atoms with Crippen molar-refractivity contribution >= 4 is 11.5 Å². The van der Waals surface area contributed by atoms with Gasteiger partial charge in [0, 0.05) is 11.6 Å². The molecule has 0 aliphatic heterocycles. The van der Waals surface area contributed by atoms with Crippen molar-refractivity contribution in [2.45, 2.75) is 46.0 Å². The van der Waals surface area contributed by atoms with E-state index in [1.807, 2.05) is 48.5 Å². The van der Waals surface area contributed by atoms with Crippen LogP contribution in [0.2, 0.25) is 0 Å². The van der Waals surface area contributed by atoms with Crippen LogP contribution >= 0.6 is 0 Å². The molecule has 0 radical (unpaired) electrons. The predicted molar refractivity (Wildman–Crippen MR) is 110 cm³/mol. The molecule has 0 bridgehead atoms. The number of benzene rings is 2. The highest BCUT2D eigenvalue weighted by molar-refractivity contribution is 5.97. The van der Waals surface area contributed by atoms with Crippen LogP contribution in [-0.4, -0.2) is 11.1 Å². The Hall–Kier alpha value is -2.86. The summed E-state index contributed by atoms with van der Waals surface area (Å²) in [4.78, 5) is 11.1. The van der Waals surface area contributed by atoms with Gasteiger partial charge in [0.1, 0.15) is 6.07 Å². The molecular weight excluding hydrogens is 334 g/mol. The number of carboxylic acid groups (broad SMARTS) is 1. The molecule has 0 fully saturated rings. The molecule has 0 aliphatic carbocycles. The first-order valence-corrected chi connectivity index (χ1v) is 9.62. The number of nitriles is 1. The van der Waals surface area contributed by atoms with Gasteiger partial charge in [-0.2, -0.15) is 5.26 Å². The maximum Gasteiger partial charge on any atom is 0.329 e. The van der Waals surface area contributed by atoms with Gasteiger partial charge >= 0.3 is 5.97 Å². The second-order valence-electron chi connectivity index (χ2n) is 6.87. The SMILES string of the molecule is CCCCC(CC)Cc1ccc(C(C#N)=CC(=O)O)c(-c2ccccc2)c1. The van der Waals surface area contributed by atoms with E-state index in [-0.39, 0.29) is 5.57 Å². The van der Waals surface area contributed by atoms with Crippen LogP contribution in [-0.2, 0) is 11.2 Å². The quantitative estimate of drug-likeness (QED) is 0.433. The molecule has 0 heterocycles. The summed E-state index contributed by atoms with van der Waals surface area (Å²) in [5.41, 5.74) is 3.96. The molecule has 3 heteroatoms. The van der Waals surface area contributed by atoms with Gasteiger partial charge in [0.05, 0.1) is 5.57 Å². The summed E-state index contributed by atoms with van der Waals surface area (Å²) in [6.07, 6.45) is 6.79. The van der Waals surface area contributed by atoms with Crippen LogP contribution in [0.1, 0.15) is 50.7 Å². The van der Waals surface area contributed by atoms with Crippen LogP contribution in [0.15, 0.2) is 54.6 Å². The van der Waals surface area contributed by atoms with Crippen molar-refractivity contribution in [1.82, 2.24) is 0 Å². The van der Waals surface area contributed by atoms with Gasteiger partial charge in [-0.05, 0) is 29.0 Å². The first-order valence-electron chi connectivity index (χ1n) is 9.62. The maximum atomic E-state index is 11.1. The van der Waals surface area contributed by atoms with Gasteiger partial charge in [0.25, 0.3) is 0 Å². The molecule has 0 aromatic heterocycles. The molecule has 0 saturated heterocycles. The van der Waals surface area contributed by atoms with E-state index < -0.39 is 5.97 Å². The van der Waals surface area contributed by atoms with Crippen LogP contribution < -0.4 is 0 Å². The first kappa shape index (κ1) is 20.5. The zero-order valence-electron chi connectivity index (χ0n) is 16.1. The Morgan fingerprint density at radius 1 is 1.19 bits per heavy atom. The highest BCUT2D eigenvalue weighted by Gasteiger charge is 2.14. The summed E-state index contributed by atoms with van der Waals surface area (Å²) < 4.78 is 0. The lowest BCUT2D eigenvalue weighted by Crippen LogP contribution is -2.04. The summed E-state index contributed by atoms with van der Waals surface area (Å²) in [6, 6.07) is 17.9. The summed E-state index contributed by atoms with van der Waals surface area (Å²) in [5.74, 6) is -0.468. The van der Waals surface area contributed by atoms with Crippen LogP contribution in [0, 0.1) is 17.2 Å². The fourth-order valence-electron chi connectivity index (χ4n) is 3.38. The second kappa shape index (κ2) is 10.3. The van der Waals surface area contributed by atoms with E-state index in [4.69, 9.17) is 5.11 Å². The summed E-state index contributed by atoms with van der Waals surface area (Å²) >= 11 is 0. The Labute approximate surface area is 162 Å². The molecule has 0 amide bonds. The van der Waals surface area contributed by atoms with E-state index in [2.05, 4.69) is 19.9 Å². The largest absolute Gasteiger partial charge is 0.478 e. The molecule has 0 spiro atoms. The van der Waals surface area contributed by atoms with Crippen molar-refractivity contribution in [2.24, 2.45) is 5.92 Å². The Kier molecular flexibility index (Phi) is 7.82. The predicted octanol–water partition coefficient (Wildman–Crippen LogP) is 6.10. The zero-order chi connectivity index (χ0) is 19.6. The van der Waals surface area contributed by atoms with Crippen LogP contribution in [0.25, 0.3) is 16.7 Å². The summed E-state index contributed by atoms with van der Waals surface area (Å²) in [6.45, 7) is 4.45. The summed E-state index contributed by atoms with van der Waals surface area (Å²) in [7, 11) is 0. The summed E-state index contributed by atoms with van der Waals surface area (Å²) in [5, 5.41) is 18.6. The third kappa shape index (κ3) is 5.82. The molecule has 1 N–H and O–H groups in total. The number of rotatable bonds is 9. The fraction of sp³-hybridized carbons (Fsp3) is 0.333. The molecule has 2 aromatic rings. The molecular formula is C24H27NO2. The molecule has 0 saturated carbocycles. The molecule has 3 nitrogen and oxygen atoms in total. The normalized spacial score (nSPS) is 12.4. The Morgan fingerprint density at radius 3 is 2.52 bits per heavy atom. The van der Waals surface area contributed by atoms with Gasteiger partial charge in [-0.1, -0.05) is 88.1 Å². The van der Waals surface area contributed by atoms with Gasteiger partial charge in [0.15, 0.2) is 0 Å². The smallest absolute Gasteiger partial charge is 0.329 e. The number of hydrogen-bond donors (Lipinski definition) is 1. The number of unbranched alkanes of at least 4 members (excludes halogenated alkanes) is 1. The van der Waals surface area contributed by atoms with E-state index >= 15 is 0 Å². The molecule has 2 rings (SSSR count). The number of carbonyl (C=O) groups is 1. The molecule has 1 atom stereocenters. The van der Waals surface area contributed by atoms with Gasteiger partial charge in [0.2, 0.25) is 0 Å². The van der Waals surface area contributed by atoms with Crippen molar-refractivity contribution < 1.29 is 9.90 Å². The first-order chi connectivity index (χ1) is 13.1. The third-order valence-electron chi connectivity index (χ3n) is 4.91. The number of aliphatic carboxylic acids is 1. The number of nitrogens with zero attached hydrogens (tertiary/aromatic N) is 1. The average Bonchev–Trinajstić information content (AvgIpc) is 2.69. The van der Waals surface area contributed by atoms with Crippen molar-refractivity contribution in [3.8, 4) is 17.2 Å². The minimum absolute atomic E-state index is 0.172. The number of allylic oxidation sites excluding steroid dienone is 1. The highest BCUT2D eigenvalue weighted by atomic mass is 16.4. The van der Waals surface area contributed by atoms with Crippen LogP contribution in [0.4, 0.5) is 0 Å². The second-order valence-corrected chi connectivity index (χ2v) is 6.87. The lowest BCUT2D eigenvalue weighted by Gasteiger charge is -2.17. The fourth-order valence-corrected chi connectivity index (χ4v) is 3.38. The number of hydrogen-bond acceptors (Lipinski definition) is 2. The minimum atomic E-state index is -1.11. The van der Waals surface area contributed by atoms with Crippen molar-refractivity contribution in [1.29, 1.82) is 5.26 Å². The van der Waals surface area contributed by atoms with Crippen molar-refractivity contribution in [3.63, 3.8) is 0 Å². The molecule has 0 aliphatic rings. The van der Waals surface area contributed by atoms with E-state index in [9.17, 15) is 10.1 Å².